The van der Waals surface area contributed by atoms with E-state index in [0.717, 1.165) is 23.4 Å². The van der Waals surface area contributed by atoms with Gasteiger partial charge in [-0.15, -0.1) is 0 Å². The van der Waals surface area contributed by atoms with Crippen molar-refractivity contribution >= 4 is 22.5 Å². The van der Waals surface area contributed by atoms with E-state index >= 15 is 0 Å². The van der Waals surface area contributed by atoms with Crippen LogP contribution in [-0.4, -0.2) is 17.6 Å². The van der Waals surface area contributed by atoms with E-state index in [-0.39, 0.29) is 11.9 Å². The van der Waals surface area contributed by atoms with Gasteiger partial charge in [-0.3, -0.25) is 4.79 Å². The minimum atomic E-state index is -0.294. The van der Waals surface area contributed by atoms with Gasteiger partial charge in [0.1, 0.15) is 11.8 Å². The van der Waals surface area contributed by atoms with Gasteiger partial charge >= 0.3 is 0 Å². The Labute approximate surface area is 142 Å². The number of nitrogens with zero attached hydrogens (tertiary/aromatic N) is 1. The van der Waals surface area contributed by atoms with Crippen LogP contribution in [0.5, 0.6) is 5.75 Å². The molecule has 124 valence electrons. The van der Waals surface area contributed by atoms with E-state index in [4.69, 9.17) is 4.74 Å². The third kappa shape index (κ3) is 3.13. The molecule has 1 aromatic heterocycles. The van der Waals surface area contributed by atoms with Gasteiger partial charge in [-0.05, 0) is 66.8 Å². The number of fused-ring (bicyclic) bond motifs is 1. The van der Waals surface area contributed by atoms with E-state index in [9.17, 15) is 4.79 Å². The first kappa shape index (κ1) is 16.1. The highest BCUT2D eigenvalue weighted by molar-refractivity contribution is 5.95. The summed E-state index contributed by atoms with van der Waals surface area (Å²) >= 11 is 0. The van der Waals surface area contributed by atoms with Crippen LogP contribution in [0.1, 0.15) is 25.5 Å². The van der Waals surface area contributed by atoms with Gasteiger partial charge in [0.15, 0.2) is 0 Å². The fourth-order valence-electron chi connectivity index (χ4n) is 2.82. The first-order valence-corrected chi connectivity index (χ1v) is 8.16. The summed E-state index contributed by atoms with van der Waals surface area (Å²) in [6.45, 7) is 4.05. The summed E-state index contributed by atoms with van der Waals surface area (Å²) in [6.07, 6.45) is 2.98. The lowest BCUT2D eigenvalue weighted by atomic mass is 10.1. The highest BCUT2D eigenvalue weighted by Crippen LogP contribution is 2.23. The zero-order valence-corrected chi connectivity index (χ0v) is 14.2. The van der Waals surface area contributed by atoms with Crippen molar-refractivity contribution in [1.82, 2.24) is 4.57 Å². The number of nitrogens with one attached hydrogen (secondary N) is 1. The maximum atomic E-state index is 12.6. The highest BCUT2D eigenvalue weighted by atomic mass is 16.5. The second kappa shape index (κ2) is 6.79. The number of rotatable bonds is 5. The lowest BCUT2D eigenvalue weighted by molar-refractivity contribution is -0.118. The molecule has 4 heteroatoms. The van der Waals surface area contributed by atoms with Crippen LogP contribution in [0.3, 0.4) is 0 Å². The van der Waals surface area contributed by atoms with Crippen molar-refractivity contribution in [3.8, 4) is 5.75 Å². The number of carbonyl (C=O) groups excluding carboxylic acids is 1. The SMILES string of the molecule is CCc1ccc2c(ccn2C(C)C(=O)Nc2ccc(OC)cc2)c1. The smallest absolute Gasteiger partial charge is 0.247 e. The molecule has 0 aliphatic carbocycles. The molecule has 1 unspecified atom stereocenters. The molecule has 0 saturated heterocycles. The number of carbonyl (C=O) groups is 1. The molecule has 3 rings (SSSR count). The van der Waals surface area contributed by atoms with Crippen LogP contribution in [0.2, 0.25) is 0 Å². The van der Waals surface area contributed by atoms with Gasteiger partial charge in [0.2, 0.25) is 5.91 Å². The van der Waals surface area contributed by atoms with Crippen molar-refractivity contribution in [2.45, 2.75) is 26.3 Å². The van der Waals surface area contributed by atoms with E-state index in [1.165, 1.54) is 10.9 Å². The predicted molar refractivity (Wildman–Crippen MR) is 97.7 cm³/mol. The number of aryl methyl sites for hydroxylation is 1. The van der Waals surface area contributed by atoms with Crippen LogP contribution in [-0.2, 0) is 11.2 Å². The van der Waals surface area contributed by atoms with Crippen LogP contribution < -0.4 is 10.1 Å². The average Bonchev–Trinajstić information content (AvgIpc) is 3.04. The number of methoxy groups -OCH3 is 1. The quantitative estimate of drug-likeness (QED) is 0.756. The molecule has 2 aromatic carbocycles. The number of ether oxygens (including phenoxy) is 1. The topological polar surface area (TPSA) is 43.3 Å². The van der Waals surface area contributed by atoms with Crippen molar-refractivity contribution in [1.29, 1.82) is 0 Å². The van der Waals surface area contributed by atoms with Crippen LogP contribution in [0, 0.1) is 0 Å². The molecule has 1 N–H and O–H groups in total. The van der Waals surface area contributed by atoms with Crippen molar-refractivity contribution in [3.63, 3.8) is 0 Å². The third-order valence-corrected chi connectivity index (χ3v) is 4.35. The minimum Gasteiger partial charge on any atom is -0.497 e. The molecule has 1 amide bonds. The van der Waals surface area contributed by atoms with Crippen molar-refractivity contribution in [2.75, 3.05) is 12.4 Å². The summed E-state index contributed by atoms with van der Waals surface area (Å²) in [5.74, 6) is 0.724. The van der Waals surface area contributed by atoms with Crippen LogP contribution >= 0.6 is 0 Å². The van der Waals surface area contributed by atoms with E-state index in [1.807, 2.05) is 42.0 Å². The minimum absolute atomic E-state index is 0.0442. The Bertz CT molecular complexity index is 850. The monoisotopic (exact) mass is 322 g/mol. The summed E-state index contributed by atoms with van der Waals surface area (Å²) in [4.78, 5) is 12.6. The molecule has 4 nitrogen and oxygen atoms in total. The molecule has 3 aromatic rings. The van der Waals surface area contributed by atoms with Crippen molar-refractivity contribution in [3.05, 3.63) is 60.3 Å². The zero-order chi connectivity index (χ0) is 17.1. The molecule has 0 saturated carbocycles. The fourth-order valence-corrected chi connectivity index (χ4v) is 2.82. The third-order valence-electron chi connectivity index (χ3n) is 4.35. The van der Waals surface area contributed by atoms with Gasteiger partial charge in [-0.2, -0.15) is 0 Å². The maximum Gasteiger partial charge on any atom is 0.247 e. The van der Waals surface area contributed by atoms with Crippen molar-refractivity contribution in [2.24, 2.45) is 0 Å². The molecule has 0 aliphatic rings. The van der Waals surface area contributed by atoms with Crippen LogP contribution in [0.4, 0.5) is 5.69 Å². The second-order valence-electron chi connectivity index (χ2n) is 5.86. The van der Waals surface area contributed by atoms with Gasteiger partial charge < -0.3 is 14.6 Å². The molecular weight excluding hydrogens is 300 g/mol. The van der Waals surface area contributed by atoms with Gasteiger partial charge in [0.05, 0.1) is 7.11 Å². The largest absolute Gasteiger partial charge is 0.497 e. The highest BCUT2D eigenvalue weighted by Gasteiger charge is 2.16. The number of anilines is 1. The molecule has 0 bridgehead atoms. The molecule has 0 aliphatic heterocycles. The molecule has 1 heterocycles. The molecule has 1 atom stereocenters. The molecule has 0 radical (unpaired) electrons. The Morgan fingerprint density at radius 2 is 1.92 bits per heavy atom. The van der Waals surface area contributed by atoms with Gasteiger partial charge in [-0.1, -0.05) is 13.0 Å². The summed E-state index contributed by atoms with van der Waals surface area (Å²) in [5, 5.41) is 4.12. The van der Waals surface area contributed by atoms with Gasteiger partial charge in [-0.25, -0.2) is 0 Å². The number of benzene rings is 2. The Morgan fingerprint density at radius 3 is 2.58 bits per heavy atom. The molecule has 24 heavy (non-hydrogen) atoms. The predicted octanol–water partition coefficient (Wildman–Crippen LogP) is 4.41. The first-order chi connectivity index (χ1) is 11.6. The van der Waals surface area contributed by atoms with Crippen LogP contribution in [0.15, 0.2) is 54.7 Å². The Hall–Kier alpha value is -2.75. The molecular formula is C20H22N2O2. The van der Waals surface area contributed by atoms with E-state index in [1.54, 1.807) is 7.11 Å². The Kier molecular flexibility index (Phi) is 4.56. The number of hydrogen-bond donors (Lipinski definition) is 1. The molecule has 0 spiro atoms. The second-order valence-corrected chi connectivity index (χ2v) is 5.86. The summed E-state index contributed by atoms with van der Waals surface area (Å²) < 4.78 is 7.14. The van der Waals surface area contributed by atoms with E-state index < -0.39 is 0 Å². The summed E-state index contributed by atoms with van der Waals surface area (Å²) in [6, 6.07) is 15.5. The van der Waals surface area contributed by atoms with Crippen LogP contribution in [0.25, 0.3) is 10.9 Å². The lowest BCUT2D eigenvalue weighted by Crippen LogP contribution is -2.23. The fraction of sp³-hybridized carbons (Fsp3) is 0.250. The first-order valence-electron chi connectivity index (χ1n) is 8.16. The zero-order valence-electron chi connectivity index (χ0n) is 14.2. The Morgan fingerprint density at radius 1 is 1.17 bits per heavy atom. The number of aromatic nitrogens is 1. The number of amides is 1. The lowest BCUT2D eigenvalue weighted by Gasteiger charge is -2.16. The van der Waals surface area contributed by atoms with E-state index in [0.29, 0.717) is 0 Å². The number of hydrogen-bond acceptors (Lipinski definition) is 2. The van der Waals surface area contributed by atoms with Gasteiger partial charge in [0.25, 0.3) is 0 Å². The Balaban J connectivity index is 1.80. The van der Waals surface area contributed by atoms with Gasteiger partial charge in [0, 0.05) is 17.4 Å². The van der Waals surface area contributed by atoms with Crippen molar-refractivity contribution < 1.29 is 9.53 Å². The standard InChI is InChI=1S/C20H22N2O2/c1-4-15-5-10-19-16(13-15)11-12-22(19)14(2)20(23)21-17-6-8-18(24-3)9-7-17/h5-14H,4H2,1-3H3,(H,21,23). The van der Waals surface area contributed by atoms with E-state index in [2.05, 4.69) is 36.5 Å². The summed E-state index contributed by atoms with van der Waals surface area (Å²) in [7, 11) is 1.62. The summed E-state index contributed by atoms with van der Waals surface area (Å²) in [5.41, 5.74) is 3.14. The molecule has 0 fully saturated rings. The average molecular weight is 322 g/mol. The maximum absolute atomic E-state index is 12.6. The normalized spacial score (nSPS) is 12.1.